The van der Waals surface area contributed by atoms with Crippen molar-refractivity contribution in [3.8, 4) is 0 Å². The number of nitro benzene ring substituents is 1. The fourth-order valence-corrected chi connectivity index (χ4v) is 2.04. The number of hydrogen-bond acceptors (Lipinski definition) is 7. The lowest BCUT2D eigenvalue weighted by molar-refractivity contribution is -0.384. The van der Waals surface area contributed by atoms with Crippen LogP contribution in [0.4, 0.5) is 5.69 Å². The predicted octanol–water partition coefficient (Wildman–Crippen LogP) is 2.05. The van der Waals surface area contributed by atoms with Crippen LogP contribution in [-0.2, 0) is 20.9 Å². The van der Waals surface area contributed by atoms with E-state index in [1.165, 1.54) is 31.5 Å². The Morgan fingerprint density at radius 3 is 2.63 bits per heavy atom. The highest BCUT2D eigenvalue weighted by Gasteiger charge is 2.06. The molecule has 9 heteroatoms. The Kier molecular flexibility index (Phi) is 7.00. The minimum absolute atomic E-state index is 0.0603. The summed E-state index contributed by atoms with van der Waals surface area (Å²) in [5.41, 5.74) is 1.65. The van der Waals surface area contributed by atoms with Crippen LogP contribution in [0.1, 0.15) is 21.5 Å². The molecule has 0 saturated carbocycles. The van der Waals surface area contributed by atoms with Crippen molar-refractivity contribution < 1.29 is 24.1 Å². The molecule has 0 fully saturated rings. The number of hydrogen-bond donors (Lipinski definition) is 1. The number of carbonyl (C=O) groups is 2. The van der Waals surface area contributed by atoms with Crippen molar-refractivity contribution in [2.45, 2.75) is 6.54 Å². The number of nitro groups is 1. The van der Waals surface area contributed by atoms with Crippen molar-refractivity contribution in [3.05, 3.63) is 75.3 Å². The standard InChI is InChI=1S/C18H17N3O6/c1-26-18(23)15-7-5-13(6-8-15)10-19-17(22)12-27-20-11-14-3-2-4-16(9-14)21(24)25/h2-9,11H,10,12H2,1H3,(H,19,22)/b20-11-. The van der Waals surface area contributed by atoms with Crippen LogP contribution in [0.15, 0.2) is 53.7 Å². The lowest BCUT2D eigenvalue weighted by Crippen LogP contribution is -2.26. The van der Waals surface area contributed by atoms with Gasteiger partial charge in [0, 0.05) is 24.2 Å². The Hall–Kier alpha value is -3.75. The molecule has 1 amide bonds. The van der Waals surface area contributed by atoms with Crippen LogP contribution in [0.5, 0.6) is 0 Å². The van der Waals surface area contributed by atoms with Crippen LogP contribution in [0.2, 0.25) is 0 Å². The molecule has 1 N–H and O–H groups in total. The molecule has 0 unspecified atom stereocenters. The maximum absolute atomic E-state index is 11.7. The molecule has 27 heavy (non-hydrogen) atoms. The van der Waals surface area contributed by atoms with E-state index in [9.17, 15) is 19.7 Å². The minimum Gasteiger partial charge on any atom is -0.465 e. The van der Waals surface area contributed by atoms with Crippen LogP contribution in [-0.4, -0.2) is 36.7 Å². The Labute approximate surface area is 154 Å². The number of nitrogens with zero attached hydrogens (tertiary/aromatic N) is 2. The number of oxime groups is 1. The molecule has 2 aromatic rings. The third-order valence-electron chi connectivity index (χ3n) is 3.42. The first kappa shape index (κ1) is 19.6. The molecular weight excluding hydrogens is 354 g/mol. The Balaban J connectivity index is 1.75. The lowest BCUT2D eigenvalue weighted by Gasteiger charge is -2.05. The average molecular weight is 371 g/mol. The van der Waals surface area contributed by atoms with Gasteiger partial charge in [0.15, 0.2) is 6.61 Å². The van der Waals surface area contributed by atoms with Crippen molar-refractivity contribution in [1.29, 1.82) is 0 Å². The van der Waals surface area contributed by atoms with Crippen LogP contribution in [0.3, 0.4) is 0 Å². The number of methoxy groups -OCH3 is 1. The Morgan fingerprint density at radius 1 is 1.22 bits per heavy atom. The number of esters is 1. The second kappa shape index (κ2) is 9.66. The molecule has 2 rings (SSSR count). The van der Waals surface area contributed by atoms with E-state index in [4.69, 9.17) is 4.84 Å². The number of carbonyl (C=O) groups excluding carboxylic acids is 2. The van der Waals surface area contributed by atoms with Gasteiger partial charge in [0.25, 0.3) is 11.6 Å². The molecular formula is C18H17N3O6. The Morgan fingerprint density at radius 2 is 1.96 bits per heavy atom. The molecule has 0 aliphatic carbocycles. The SMILES string of the molecule is COC(=O)c1ccc(CNC(=O)CO/N=C\c2cccc([N+](=O)[O-])c2)cc1. The number of ether oxygens (including phenoxy) is 1. The fourth-order valence-electron chi connectivity index (χ4n) is 2.04. The highest BCUT2D eigenvalue weighted by molar-refractivity contribution is 5.89. The van der Waals surface area contributed by atoms with Gasteiger partial charge in [0.05, 0.1) is 23.8 Å². The number of amides is 1. The highest BCUT2D eigenvalue weighted by atomic mass is 16.6. The molecule has 0 bridgehead atoms. The van der Waals surface area contributed by atoms with E-state index in [0.29, 0.717) is 11.1 Å². The topological polar surface area (TPSA) is 120 Å². The molecule has 0 atom stereocenters. The summed E-state index contributed by atoms with van der Waals surface area (Å²) in [6.45, 7) is -0.0378. The van der Waals surface area contributed by atoms with Gasteiger partial charge in [-0.1, -0.05) is 29.4 Å². The zero-order chi connectivity index (χ0) is 19.6. The van der Waals surface area contributed by atoms with E-state index < -0.39 is 10.9 Å². The molecule has 0 aliphatic heterocycles. The summed E-state index contributed by atoms with van der Waals surface area (Å²) in [6, 6.07) is 12.5. The number of benzene rings is 2. The number of rotatable bonds is 8. The van der Waals surface area contributed by atoms with Gasteiger partial charge in [-0.05, 0) is 17.7 Å². The van der Waals surface area contributed by atoms with Gasteiger partial charge in [-0.3, -0.25) is 14.9 Å². The van der Waals surface area contributed by atoms with E-state index in [1.54, 1.807) is 30.3 Å². The monoisotopic (exact) mass is 371 g/mol. The van der Waals surface area contributed by atoms with Gasteiger partial charge in [0.2, 0.25) is 0 Å². The van der Waals surface area contributed by atoms with E-state index in [1.807, 2.05) is 0 Å². The highest BCUT2D eigenvalue weighted by Crippen LogP contribution is 2.11. The zero-order valence-electron chi connectivity index (χ0n) is 14.5. The third-order valence-corrected chi connectivity index (χ3v) is 3.42. The first-order valence-electron chi connectivity index (χ1n) is 7.83. The molecule has 0 saturated heterocycles. The van der Waals surface area contributed by atoms with E-state index in [2.05, 4.69) is 15.2 Å². The summed E-state index contributed by atoms with van der Waals surface area (Å²) in [4.78, 5) is 38.1. The summed E-state index contributed by atoms with van der Waals surface area (Å²) in [5.74, 6) is -0.816. The number of nitrogens with one attached hydrogen (secondary N) is 1. The van der Waals surface area contributed by atoms with Gasteiger partial charge in [-0.25, -0.2) is 4.79 Å². The largest absolute Gasteiger partial charge is 0.465 e. The first-order chi connectivity index (χ1) is 13.0. The first-order valence-corrected chi connectivity index (χ1v) is 7.83. The maximum Gasteiger partial charge on any atom is 0.337 e. The van der Waals surface area contributed by atoms with Gasteiger partial charge < -0.3 is 14.9 Å². The van der Waals surface area contributed by atoms with Gasteiger partial charge >= 0.3 is 5.97 Å². The second-order valence-electron chi connectivity index (χ2n) is 5.33. The third kappa shape index (κ3) is 6.24. The molecule has 0 spiro atoms. The van der Waals surface area contributed by atoms with Crippen molar-refractivity contribution in [3.63, 3.8) is 0 Å². The maximum atomic E-state index is 11.7. The van der Waals surface area contributed by atoms with Crippen molar-refractivity contribution in [2.24, 2.45) is 5.16 Å². The molecule has 0 aromatic heterocycles. The quantitative estimate of drug-likeness (QED) is 0.328. The summed E-state index contributed by atoms with van der Waals surface area (Å²) in [7, 11) is 1.30. The van der Waals surface area contributed by atoms with Gasteiger partial charge in [0.1, 0.15) is 0 Å². The van der Waals surface area contributed by atoms with E-state index >= 15 is 0 Å². The van der Waals surface area contributed by atoms with Crippen molar-refractivity contribution in [2.75, 3.05) is 13.7 Å². The molecule has 0 heterocycles. The van der Waals surface area contributed by atoms with Gasteiger partial charge in [-0.15, -0.1) is 0 Å². The lowest BCUT2D eigenvalue weighted by atomic mass is 10.1. The summed E-state index contributed by atoms with van der Waals surface area (Å²) >= 11 is 0. The summed E-state index contributed by atoms with van der Waals surface area (Å²) in [6.07, 6.45) is 1.28. The second-order valence-corrected chi connectivity index (χ2v) is 5.33. The molecule has 0 radical (unpaired) electrons. The van der Waals surface area contributed by atoms with Crippen LogP contribution in [0, 0.1) is 10.1 Å². The van der Waals surface area contributed by atoms with Crippen LogP contribution >= 0.6 is 0 Å². The summed E-state index contributed by atoms with van der Waals surface area (Å²) in [5, 5.41) is 16.9. The smallest absolute Gasteiger partial charge is 0.337 e. The van der Waals surface area contributed by atoms with Crippen molar-refractivity contribution >= 4 is 23.8 Å². The molecule has 2 aromatic carbocycles. The van der Waals surface area contributed by atoms with E-state index in [0.717, 1.165) is 5.56 Å². The Bertz CT molecular complexity index is 848. The van der Waals surface area contributed by atoms with Crippen LogP contribution in [0.25, 0.3) is 0 Å². The number of non-ortho nitro benzene ring substituents is 1. The average Bonchev–Trinajstić information content (AvgIpc) is 2.69. The fraction of sp³-hybridized carbons (Fsp3) is 0.167. The normalized spacial score (nSPS) is 10.4. The molecule has 140 valence electrons. The minimum atomic E-state index is -0.511. The molecule has 9 nitrogen and oxygen atoms in total. The van der Waals surface area contributed by atoms with E-state index in [-0.39, 0.29) is 24.7 Å². The predicted molar refractivity (Wildman–Crippen MR) is 96.3 cm³/mol. The van der Waals surface area contributed by atoms with Crippen LogP contribution < -0.4 is 5.32 Å². The summed E-state index contributed by atoms with van der Waals surface area (Å²) < 4.78 is 4.61. The zero-order valence-corrected chi connectivity index (χ0v) is 14.5. The van der Waals surface area contributed by atoms with Crippen molar-refractivity contribution in [1.82, 2.24) is 5.32 Å². The molecule has 0 aliphatic rings. The van der Waals surface area contributed by atoms with Gasteiger partial charge in [-0.2, -0.15) is 0 Å².